The quantitative estimate of drug-likeness (QED) is 0.761. The predicted octanol–water partition coefficient (Wildman–Crippen LogP) is 3.75. The van der Waals surface area contributed by atoms with Crippen LogP contribution in [0.25, 0.3) is 10.9 Å². The van der Waals surface area contributed by atoms with Crippen LogP contribution in [-0.4, -0.2) is 18.0 Å². The molecule has 122 valence electrons. The molecule has 0 atom stereocenters. The molecule has 6 heteroatoms. The Morgan fingerprint density at radius 2 is 1.96 bits per heavy atom. The molecule has 3 rings (SSSR count). The SMILES string of the molecule is COc1ccc(Cl)cc1NC(=O)c1c(C)c2ccccc2[nH]c1=O. The van der Waals surface area contributed by atoms with Crippen molar-refractivity contribution in [1.29, 1.82) is 0 Å². The number of aromatic nitrogens is 1. The highest BCUT2D eigenvalue weighted by molar-refractivity contribution is 6.31. The van der Waals surface area contributed by atoms with E-state index in [1.165, 1.54) is 7.11 Å². The zero-order valence-electron chi connectivity index (χ0n) is 13.1. The number of nitrogens with one attached hydrogen (secondary N) is 2. The lowest BCUT2D eigenvalue weighted by atomic mass is 10.0. The van der Waals surface area contributed by atoms with Crippen molar-refractivity contribution in [3.05, 3.63) is 69.0 Å². The van der Waals surface area contributed by atoms with Gasteiger partial charge >= 0.3 is 0 Å². The van der Waals surface area contributed by atoms with Gasteiger partial charge in [-0.25, -0.2) is 0 Å². The summed E-state index contributed by atoms with van der Waals surface area (Å²) in [5.74, 6) is -0.0531. The molecule has 0 fully saturated rings. The van der Waals surface area contributed by atoms with Gasteiger partial charge in [0.1, 0.15) is 11.3 Å². The van der Waals surface area contributed by atoms with Crippen molar-refractivity contribution in [3.63, 3.8) is 0 Å². The van der Waals surface area contributed by atoms with Crippen LogP contribution in [0, 0.1) is 6.92 Å². The molecule has 0 aliphatic heterocycles. The summed E-state index contributed by atoms with van der Waals surface area (Å²) in [6, 6.07) is 12.2. The summed E-state index contributed by atoms with van der Waals surface area (Å²) in [6.07, 6.45) is 0. The van der Waals surface area contributed by atoms with Crippen LogP contribution in [0.15, 0.2) is 47.3 Å². The fraction of sp³-hybridized carbons (Fsp3) is 0.111. The molecule has 0 aliphatic rings. The van der Waals surface area contributed by atoms with Crippen LogP contribution >= 0.6 is 11.6 Å². The number of rotatable bonds is 3. The first-order valence-corrected chi connectivity index (χ1v) is 7.65. The smallest absolute Gasteiger partial charge is 0.261 e. The summed E-state index contributed by atoms with van der Waals surface area (Å²) >= 11 is 5.97. The number of amides is 1. The number of aryl methyl sites for hydroxylation is 1. The second kappa shape index (κ2) is 6.37. The van der Waals surface area contributed by atoms with Gasteiger partial charge in [0, 0.05) is 15.9 Å². The molecule has 0 unspecified atom stereocenters. The van der Waals surface area contributed by atoms with E-state index in [0.29, 0.717) is 27.5 Å². The highest BCUT2D eigenvalue weighted by atomic mass is 35.5. The van der Waals surface area contributed by atoms with Gasteiger partial charge in [0.15, 0.2) is 0 Å². The van der Waals surface area contributed by atoms with Gasteiger partial charge in [0.05, 0.1) is 12.8 Å². The molecule has 0 aliphatic carbocycles. The number of fused-ring (bicyclic) bond motifs is 1. The number of para-hydroxylation sites is 1. The van der Waals surface area contributed by atoms with Crippen LogP contribution in [0.4, 0.5) is 5.69 Å². The number of aromatic amines is 1. The Bertz CT molecular complexity index is 995. The van der Waals surface area contributed by atoms with E-state index < -0.39 is 11.5 Å². The van der Waals surface area contributed by atoms with Gasteiger partial charge in [0.2, 0.25) is 0 Å². The van der Waals surface area contributed by atoms with Crippen LogP contribution in [0.5, 0.6) is 5.75 Å². The van der Waals surface area contributed by atoms with Crippen molar-refractivity contribution in [2.45, 2.75) is 6.92 Å². The lowest BCUT2D eigenvalue weighted by Crippen LogP contribution is -2.25. The van der Waals surface area contributed by atoms with Crippen LogP contribution in [0.1, 0.15) is 15.9 Å². The molecule has 2 aromatic carbocycles. The molecule has 0 radical (unpaired) electrons. The molecular weight excluding hydrogens is 328 g/mol. The first-order valence-electron chi connectivity index (χ1n) is 7.27. The summed E-state index contributed by atoms with van der Waals surface area (Å²) in [4.78, 5) is 27.7. The third-order valence-corrected chi connectivity index (χ3v) is 4.05. The molecule has 1 aromatic heterocycles. The minimum atomic E-state index is -0.514. The van der Waals surface area contributed by atoms with Gasteiger partial charge in [0.25, 0.3) is 11.5 Å². The van der Waals surface area contributed by atoms with Gasteiger partial charge in [-0.1, -0.05) is 29.8 Å². The lowest BCUT2D eigenvalue weighted by Gasteiger charge is -2.12. The Hall–Kier alpha value is -2.79. The van der Waals surface area contributed by atoms with Crippen molar-refractivity contribution < 1.29 is 9.53 Å². The number of carbonyl (C=O) groups is 1. The average molecular weight is 343 g/mol. The molecule has 3 aromatic rings. The first-order chi connectivity index (χ1) is 11.5. The third-order valence-electron chi connectivity index (χ3n) is 3.82. The number of H-pyrrole nitrogens is 1. The fourth-order valence-electron chi connectivity index (χ4n) is 2.65. The lowest BCUT2D eigenvalue weighted by molar-refractivity contribution is 0.102. The van der Waals surface area contributed by atoms with Crippen LogP contribution < -0.4 is 15.6 Å². The topological polar surface area (TPSA) is 71.2 Å². The summed E-state index contributed by atoms with van der Waals surface area (Å²) < 4.78 is 5.21. The maximum atomic E-state index is 12.6. The number of methoxy groups -OCH3 is 1. The van der Waals surface area contributed by atoms with Crippen molar-refractivity contribution in [2.24, 2.45) is 0 Å². The highest BCUT2D eigenvalue weighted by Gasteiger charge is 2.18. The number of benzene rings is 2. The van der Waals surface area contributed by atoms with Gasteiger partial charge in [-0.15, -0.1) is 0 Å². The molecular formula is C18H15ClN2O3. The van der Waals surface area contributed by atoms with Crippen LogP contribution in [-0.2, 0) is 0 Å². The minimum Gasteiger partial charge on any atom is -0.495 e. The van der Waals surface area contributed by atoms with Crippen molar-refractivity contribution in [1.82, 2.24) is 4.98 Å². The molecule has 1 heterocycles. The maximum Gasteiger partial charge on any atom is 0.261 e. The maximum absolute atomic E-state index is 12.6. The second-order valence-electron chi connectivity index (χ2n) is 5.30. The molecule has 5 nitrogen and oxygen atoms in total. The zero-order chi connectivity index (χ0) is 17.3. The van der Waals surface area contributed by atoms with E-state index in [-0.39, 0.29) is 5.56 Å². The molecule has 2 N–H and O–H groups in total. The largest absolute Gasteiger partial charge is 0.495 e. The molecule has 0 saturated heterocycles. The van der Waals surface area contributed by atoms with E-state index in [4.69, 9.17) is 16.3 Å². The monoisotopic (exact) mass is 342 g/mol. The number of anilines is 1. The second-order valence-corrected chi connectivity index (χ2v) is 5.73. The molecule has 0 saturated carbocycles. The van der Waals surface area contributed by atoms with Crippen molar-refractivity contribution in [2.75, 3.05) is 12.4 Å². The van der Waals surface area contributed by atoms with E-state index in [9.17, 15) is 9.59 Å². The van der Waals surface area contributed by atoms with E-state index in [0.717, 1.165) is 5.39 Å². The number of halogens is 1. The Morgan fingerprint density at radius 3 is 2.71 bits per heavy atom. The number of hydrogen-bond acceptors (Lipinski definition) is 3. The van der Waals surface area contributed by atoms with Crippen molar-refractivity contribution in [3.8, 4) is 5.75 Å². The van der Waals surface area contributed by atoms with Gasteiger partial charge in [-0.2, -0.15) is 0 Å². The normalized spacial score (nSPS) is 10.6. The number of pyridine rings is 1. The summed E-state index contributed by atoms with van der Waals surface area (Å²) in [5.41, 5.74) is 1.34. The minimum absolute atomic E-state index is 0.0655. The summed E-state index contributed by atoms with van der Waals surface area (Å²) in [7, 11) is 1.49. The van der Waals surface area contributed by atoms with Gasteiger partial charge < -0.3 is 15.0 Å². The van der Waals surface area contributed by atoms with E-state index in [2.05, 4.69) is 10.3 Å². The summed E-state index contributed by atoms with van der Waals surface area (Å²) in [6.45, 7) is 1.75. The number of hydrogen-bond donors (Lipinski definition) is 2. The first kappa shape index (κ1) is 16.1. The van der Waals surface area contributed by atoms with E-state index in [1.54, 1.807) is 31.2 Å². The Balaban J connectivity index is 2.07. The standard InChI is InChI=1S/C18H15ClN2O3/c1-10-12-5-3-4-6-13(12)20-17(22)16(10)18(23)21-14-9-11(19)7-8-15(14)24-2/h3-9H,1-2H3,(H,20,22)(H,21,23). The number of carbonyl (C=O) groups excluding carboxylic acids is 1. The average Bonchev–Trinajstić information content (AvgIpc) is 2.55. The number of ether oxygens (including phenoxy) is 1. The van der Waals surface area contributed by atoms with Crippen molar-refractivity contribution >= 4 is 34.1 Å². The molecule has 24 heavy (non-hydrogen) atoms. The third kappa shape index (κ3) is 2.86. The summed E-state index contributed by atoms with van der Waals surface area (Å²) in [5, 5.41) is 3.97. The van der Waals surface area contributed by atoms with Gasteiger partial charge in [-0.05, 0) is 36.8 Å². The van der Waals surface area contributed by atoms with Crippen LogP contribution in [0.2, 0.25) is 5.02 Å². The molecule has 0 spiro atoms. The van der Waals surface area contributed by atoms with E-state index >= 15 is 0 Å². The van der Waals surface area contributed by atoms with Gasteiger partial charge in [-0.3, -0.25) is 9.59 Å². The highest BCUT2D eigenvalue weighted by Crippen LogP contribution is 2.28. The van der Waals surface area contributed by atoms with E-state index in [1.807, 2.05) is 18.2 Å². The predicted molar refractivity (Wildman–Crippen MR) is 95.3 cm³/mol. The fourth-order valence-corrected chi connectivity index (χ4v) is 2.82. The zero-order valence-corrected chi connectivity index (χ0v) is 13.9. The molecule has 0 bridgehead atoms. The molecule has 1 amide bonds. The Kier molecular flexibility index (Phi) is 4.27. The Labute approximate surface area is 143 Å². The Morgan fingerprint density at radius 1 is 1.21 bits per heavy atom. The van der Waals surface area contributed by atoms with Crippen LogP contribution in [0.3, 0.4) is 0 Å².